The van der Waals surface area contributed by atoms with Crippen molar-refractivity contribution >= 4 is 5.97 Å². The average molecular weight is 280 g/mol. The van der Waals surface area contributed by atoms with Gasteiger partial charge in [0.1, 0.15) is 0 Å². The van der Waals surface area contributed by atoms with E-state index in [0.717, 1.165) is 0 Å². The Kier molecular flexibility index (Phi) is 5.49. The normalized spacial score (nSPS) is 15.1. The fourth-order valence-corrected chi connectivity index (χ4v) is 1.35. The summed E-state index contributed by atoms with van der Waals surface area (Å²) in [5, 5.41) is 0. The maximum absolute atomic E-state index is 12.1. The fraction of sp³-hybridized carbons (Fsp3) is 0.900. The molecule has 1 unspecified atom stereocenters. The van der Waals surface area contributed by atoms with Crippen LogP contribution in [0.5, 0.6) is 0 Å². The van der Waals surface area contributed by atoms with Crippen molar-refractivity contribution in [3.05, 3.63) is 0 Å². The Hall–Kier alpha value is -0.950. The molecule has 0 aromatic carbocycles. The Labute approximate surface area is 100 Å². The molecule has 0 N–H and O–H groups in total. The van der Waals surface area contributed by atoms with Crippen LogP contribution in [0.2, 0.25) is 0 Å². The Bertz CT molecular complexity index is 267. The maximum atomic E-state index is 12.1. The van der Waals surface area contributed by atoms with Crippen molar-refractivity contribution in [2.45, 2.75) is 45.6 Å². The summed E-state index contributed by atoms with van der Waals surface area (Å²) in [5.41, 5.74) is 0. The number of carbonyl (C=O) groups excluding carboxylic acids is 1. The third-order valence-corrected chi connectivity index (χ3v) is 2.06. The van der Waals surface area contributed by atoms with E-state index < -0.39 is 30.3 Å². The summed E-state index contributed by atoms with van der Waals surface area (Å²) in [7, 11) is 0. The van der Waals surface area contributed by atoms with Gasteiger partial charge in [0.15, 0.2) is 0 Å². The molecule has 0 aromatic rings. The molecule has 0 saturated heterocycles. The number of carbonyl (C=O) groups is 1. The van der Waals surface area contributed by atoms with E-state index in [1.54, 1.807) is 13.8 Å². The lowest BCUT2D eigenvalue weighted by molar-refractivity contribution is -0.314. The SMILES string of the molecule is CC(C)CC(C)C(=O)OC(C(F)(F)F)C(F)(F)F. The first-order chi connectivity index (χ1) is 7.85. The second-order valence-corrected chi connectivity index (χ2v) is 4.43. The lowest BCUT2D eigenvalue weighted by Crippen LogP contribution is -2.46. The third kappa shape index (κ3) is 5.59. The zero-order chi connectivity index (χ0) is 14.7. The van der Waals surface area contributed by atoms with Gasteiger partial charge < -0.3 is 4.74 Å². The maximum Gasteiger partial charge on any atom is 0.434 e. The summed E-state index contributed by atoms with van der Waals surface area (Å²) in [6.07, 6.45) is -15.2. The van der Waals surface area contributed by atoms with E-state index in [-0.39, 0.29) is 12.3 Å². The summed E-state index contributed by atoms with van der Waals surface area (Å²) in [6.45, 7) is 4.61. The number of esters is 1. The van der Waals surface area contributed by atoms with Gasteiger partial charge in [-0.1, -0.05) is 20.8 Å². The molecule has 108 valence electrons. The fourth-order valence-electron chi connectivity index (χ4n) is 1.35. The van der Waals surface area contributed by atoms with Crippen LogP contribution in [0.25, 0.3) is 0 Å². The second-order valence-electron chi connectivity index (χ2n) is 4.43. The second kappa shape index (κ2) is 5.79. The van der Waals surface area contributed by atoms with Crippen LogP contribution in [-0.4, -0.2) is 24.4 Å². The highest BCUT2D eigenvalue weighted by Gasteiger charge is 2.60. The van der Waals surface area contributed by atoms with E-state index in [4.69, 9.17) is 0 Å². The Morgan fingerprint density at radius 1 is 1.00 bits per heavy atom. The first-order valence-electron chi connectivity index (χ1n) is 5.19. The molecular formula is C10H14F6O2. The summed E-state index contributed by atoms with van der Waals surface area (Å²) in [5.74, 6) is -2.55. The van der Waals surface area contributed by atoms with Crippen molar-refractivity contribution in [3.63, 3.8) is 0 Å². The molecule has 0 spiro atoms. The van der Waals surface area contributed by atoms with Gasteiger partial charge >= 0.3 is 18.3 Å². The minimum Gasteiger partial charge on any atom is -0.443 e. The van der Waals surface area contributed by atoms with Gasteiger partial charge in [-0.3, -0.25) is 4.79 Å². The van der Waals surface area contributed by atoms with Crippen LogP contribution in [0.4, 0.5) is 26.3 Å². The molecule has 0 fully saturated rings. The van der Waals surface area contributed by atoms with Crippen molar-refractivity contribution < 1.29 is 35.9 Å². The van der Waals surface area contributed by atoms with Crippen molar-refractivity contribution in [2.24, 2.45) is 11.8 Å². The van der Waals surface area contributed by atoms with E-state index in [9.17, 15) is 31.1 Å². The van der Waals surface area contributed by atoms with Crippen molar-refractivity contribution in [1.29, 1.82) is 0 Å². The predicted octanol–water partition coefficient (Wildman–Crippen LogP) is 3.71. The largest absolute Gasteiger partial charge is 0.443 e. The highest BCUT2D eigenvalue weighted by Crippen LogP contribution is 2.36. The van der Waals surface area contributed by atoms with Crippen LogP contribution < -0.4 is 0 Å². The minimum absolute atomic E-state index is 0.0391. The average Bonchev–Trinajstić information content (AvgIpc) is 2.08. The number of alkyl halides is 6. The number of ether oxygens (including phenoxy) is 1. The third-order valence-electron chi connectivity index (χ3n) is 2.06. The molecule has 0 amide bonds. The molecule has 0 aliphatic heterocycles. The molecule has 0 aliphatic carbocycles. The number of halogens is 6. The molecule has 0 bridgehead atoms. The quantitative estimate of drug-likeness (QED) is 0.579. The van der Waals surface area contributed by atoms with Gasteiger partial charge in [0.05, 0.1) is 5.92 Å². The minimum atomic E-state index is -5.66. The van der Waals surface area contributed by atoms with Gasteiger partial charge in [-0.15, -0.1) is 0 Å². The summed E-state index contributed by atoms with van der Waals surface area (Å²) in [6, 6.07) is 0. The smallest absolute Gasteiger partial charge is 0.434 e. The molecule has 0 rings (SSSR count). The lowest BCUT2D eigenvalue weighted by Gasteiger charge is -2.24. The molecule has 18 heavy (non-hydrogen) atoms. The summed E-state index contributed by atoms with van der Waals surface area (Å²) >= 11 is 0. The van der Waals surface area contributed by atoms with Gasteiger partial charge in [-0.2, -0.15) is 26.3 Å². The van der Waals surface area contributed by atoms with Gasteiger partial charge in [0.25, 0.3) is 6.10 Å². The predicted molar refractivity (Wildman–Crippen MR) is 50.6 cm³/mol. The van der Waals surface area contributed by atoms with Crippen LogP contribution in [0.15, 0.2) is 0 Å². The summed E-state index contributed by atoms with van der Waals surface area (Å²) < 4.78 is 76.2. The van der Waals surface area contributed by atoms with Crippen molar-refractivity contribution in [2.75, 3.05) is 0 Å². The van der Waals surface area contributed by atoms with E-state index in [2.05, 4.69) is 4.74 Å². The molecule has 0 aliphatic rings. The van der Waals surface area contributed by atoms with E-state index in [1.807, 2.05) is 0 Å². The number of rotatable bonds is 4. The first-order valence-corrected chi connectivity index (χ1v) is 5.19. The summed E-state index contributed by atoms with van der Waals surface area (Å²) in [4.78, 5) is 11.2. The molecule has 0 saturated carbocycles. The monoisotopic (exact) mass is 280 g/mol. The van der Waals surface area contributed by atoms with E-state index in [0.29, 0.717) is 0 Å². The Balaban J connectivity index is 4.76. The molecule has 8 heteroatoms. The highest BCUT2D eigenvalue weighted by atomic mass is 19.4. The van der Waals surface area contributed by atoms with E-state index in [1.165, 1.54) is 6.92 Å². The number of hydrogen-bond acceptors (Lipinski definition) is 2. The van der Waals surface area contributed by atoms with Gasteiger partial charge in [-0.05, 0) is 12.3 Å². The Morgan fingerprint density at radius 2 is 1.39 bits per heavy atom. The zero-order valence-electron chi connectivity index (χ0n) is 10.0. The standard InChI is InChI=1S/C10H14F6O2/c1-5(2)4-6(3)7(17)18-8(9(11,12)13)10(14,15)16/h5-6,8H,4H2,1-3H3. The number of hydrogen-bond donors (Lipinski definition) is 0. The topological polar surface area (TPSA) is 26.3 Å². The van der Waals surface area contributed by atoms with Crippen molar-refractivity contribution in [1.82, 2.24) is 0 Å². The molecule has 0 radical (unpaired) electrons. The van der Waals surface area contributed by atoms with Crippen LogP contribution in [0.3, 0.4) is 0 Å². The zero-order valence-corrected chi connectivity index (χ0v) is 10.0. The van der Waals surface area contributed by atoms with Crippen LogP contribution >= 0.6 is 0 Å². The van der Waals surface area contributed by atoms with E-state index >= 15 is 0 Å². The molecule has 0 heterocycles. The van der Waals surface area contributed by atoms with Gasteiger partial charge in [0, 0.05) is 0 Å². The van der Waals surface area contributed by atoms with Crippen LogP contribution in [0, 0.1) is 11.8 Å². The van der Waals surface area contributed by atoms with Gasteiger partial charge in [0.2, 0.25) is 0 Å². The first kappa shape index (κ1) is 17.1. The molecule has 2 nitrogen and oxygen atoms in total. The van der Waals surface area contributed by atoms with Crippen molar-refractivity contribution in [3.8, 4) is 0 Å². The highest BCUT2D eigenvalue weighted by molar-refractivity contribution is 5.72. The molecular weight excluding hydrogens is 266 g/mol. The molecule has 1 atom stereocenters. The Morgan fingerprint density at radius 3 is 1.67 bits per heavy atom. The van der Waals surface area contributed by atoms with Crippen LogP contribution in [0.1, 0.15) is 27.2 Å². The van der Waals surface area contributed by atoms with Crippen LogP contribution in [-0.2, 0) is 9.53 Å². The van der Waals surface area contributed by atoms with Gasteiger partial charge in [-0.25, -0.2) is 0 Å². The lowest BCUT2D eigenvalue weighted by atomic mass is 9.99. The molecule has 0 aromatic heterocycles.